The molecule has 1 aliphatic rings. The summed E-state index contributed by atoms with van der Waals surface area (Å²) >= 11 is 0. The number of rotatable bonds is 5. The molecule has 1 aliphatic carbocycles. The zero-order chi connectivity index (χ0) is 19.0. The highest BCUT2D eigenvalue weighted by molar-refractivity contribution is 5.89. The van der Waals surface area contributed by atoms with Crippen molar-refractivity contribution in [2.45, 2.75) is 57.7 Å². The average Bonchev–Trinajstić information content (AvgIpc) is 2.73. The maximum absolute atomic E-state index is 12.0. The van der Waals surface area contributed by atoms with Crippen LogP contribution in [0.4, 0.5) is 0 Å². The molecule has 1 fully saturated rings. The minimum absolute atomic E-state index is 0.0748. The monoisotopic (exact) mass is 350 g/mol. The molecule has 0 radical (unpaired) electrons. The van der Waals surface area contributed by atoms with Crippen LogP contribution in [0.15, 0.2) is 24.3 Å². The van der Waals surface area contributed by atoms with E-state index in [0.29, 0.717) is 6.42 Å². The third-order valence-corrected chi connectivity index (χ3v) is 5.59. The molecule has 0 saturated heterocycles. The van der Waals surface area contributed by atoms with Gasteiger partial charge in [0.1, 0.15) is 6.61 Å². The Hall–Kier alpha value is -1.92. The van der Waals surface area contributed by atoms with Gasteiger partial charge in [0.15, 0.2) is 5.60 Å². The van der Waals surface area contributed by atoms with Gasteiger partial charge < -0.3 is 20.1 Å². The Morgan fingerprint density at radius 3 is 2.20 bits per heavy atom. The van der Waals surface area contributed by atoms with E-state index in [4.69, 9.17) is 9.84 Å². The lowest BCUT2D eigenvalue weighted by Gasteiger charge is -2.38. The summed E-state index contributed by atoms with van der Waals surface area (Å²) in [7, 11) is 0. The third kappa shape index (κ3) is 3.70. The van der Waals surface area contributed by atoms with E-state index in [2.05, 4.69) is 20.8 Å². The number of carbonyl (C=O) groups excluding carboxylic acids is 1. The average molecular weight is 350 g/mol. The molecule has 138 valence electrons. The largest absolute Gasteiger partial charge is 0.479 e. The summed E-state index contributed by atoms with van der Waals surface area (Å²) < 4.78 is 4.89. The lowest BCUT2D eigenvalue weighted by molar-refractivity contribution is -0.160. The van der Waals surface area contributed by atoms with Crippen molar-refractivity contribution in [3.8, 4) is 0 Å². The van der Waals surface area contributed by atoms with Crippen LogP contribution in [0.25, 0.3) is 0 Å². The second-order valence-corrected chi connectivity index (χ2v) is 8.01. The molecule has 0 aromatic heterocycles. The van der Waals surface area contributed by atoms with Gasteiger partial charge in [0.25, 0.3) is 0 Å². The molecule has 0 heterocycles. The number of carboxylic acid groups (broad SMARTS) is 1. The summed E-state index contributed by atoms with van der Waals surface area (Å²) in [4.78, 5) is 22.9. The second kappa shape index (κ2) is 6.42. The Bertz CT molecular complexity index is 661. The Kier molecular flexibility index (Phi) is 4.99. The molecule has 0 aliphatic heterocycles. The minimum atomic E-state index is -2.12. The van der Waals surface area contributed by atoms with Crippen LogP contribution in [-0.4, -0.2) is 45.6 Å². The SMILES string of the molecule is CC(O)(COC(=O)c1ccc(C2(C)CC(O)CC2(C)C)cc1)C(=O)O. The zero-order valence-corrected chi connectivity index (χ0v) is 15.1. The van der Waals surface area contributed by atoms with Crippen molar-refractivity contribution in [3.05, 3.63) is 35.4 Å². The lowest BCUT2D eigenvalue weighted by atomic mass is 9.65. The van der Waals surface area contributed by atoms with Crippen molar-refractivity contribution in [3.63, 3.8) is 0 Å². The van der Waals surface area contributed by atoms with E-state index in [1.54, 1.807) is 12.1 Å². The standard InChI is InChI=1S/C19H26O6/c1-17(2)9-14(20)10-18(17,3)13-7-5-12(6-8-13)15(21)25-11-19(4,24)16(22)23/h5-8,14,20,24H,9-11H2,1-4H3,(H,22,23). The topological polar surface area (TPSA) is 104 Å². The number of hydrogen-bond acceptors (Lipinski definition) is 5. The van der Waals surface area contributed by atoms with Crippen LogP contribution in [-0.2, 0) is 14.9 Å². The van der Waals surface area contributed by atoms with Crippen molar-refractivity contribution in [2.24, 2.45) is 5.41 Å². The van der Waals surface area contributed by atoms with E-state index in [-0.39, 0.29) is 22.5 Å². The summed E-state index contributed by atoms with van der Waals surface area (Å²) in [5.74, 6) is -2.14. The van der Waals surface area contributed by atoms with Crippen LogP contribution in [0.1, 0.15) is 56.5 Å². The van der Waals surface area contributed by atoms with Crippen molar-refractivity contribution in [1.29, 1.82) is 0 Å². The number of aliphatic carboxylic acids is 1. The van der Waals surface area contributed by atoms with Crippen LogP contribution >= 0.6 is 0 Å². The van der Waals surface area contributed by atoms with Gasteiger partial charge in [-0.3, -0.25) is 0 Å². The molecule has 3 unspecified atom stereocenters. The molecule has 6 nitrogen and oxygen atoms in total. The van der Waals surface area contributed by atoms with E-state index in [1.165, 1.54) is 0 Å². The maximum Gasteiger partial charge on any atom is 0.339 e. The number of ether oxygens (including phenoxy) is 1. The van der Waals surface area contributed by atoms with E-state index in [9.17, 15) is 19.8 Å². The van der Waals surface area contributed by atoms with Crippen molar-refractivity contribution in [1.82, 2.24) is 0 Å². The van der Waals surface area contributed by atoms with E-state index in [1.807, 2.05) is 12.1 Å². The number of hydrogen-bond donors (Lipinski definition) is 3. The number of carbonyl (C=O) groups is 2. The molecular weight excluding hydrogens is 324 g/mol. The number of aliphatic hydroxyl groups excluding tert-OH is 1. The molecule has 0 spiro atoms. The molecule has 25 heavy (non-hydrogen) atoms. The van der Waals surface area contributed by atoms with Gasteiger partial charge >= 0.3 is 11.9 Å². The number of aliphatic hydroxyl groups is 2. The van der Waals surface area contributed by atoms with Crippen LogP contribution < -0.4 is 0 Å². The summed E-state index contributed by atoms with van der Waals surface area (Å²) in [6, 6.07) is 6.93. The normalized spacial score (nSPS) is 27.5. The molecule has 1 saturated carbocycles. The van der Waals surface area contributed by atoms with Crippen molar-refractivity contribution in [2.75, 3.05) is 6.61 Å². The summed E-state index contributed by atoms with van der Waals surface area (Å²) in [6.07, 6.45) is 1.03. The Labute approximate surface area is 147 Å². The first kappa shape index (κ1) is 19.4. The van der Waals surface area contributed by atoms with Crippen LogP contribution in [0, 0.1) is 5.41 Å². The Balaban J connectivity index is 2.12. The molecule has 0 amide bonds. The predicted molar refractivity (Wildman–Crippen MR) is 91.4 cm³/mol. The fraction of sp³-hybridized carbons (Fsp3) is 0.579. The molecule has 0 bridgehead atoms. The van der Waals surface area contributed by atoms with Gasteiger partial charge in [-0.05, 0) is 42.9 Å². The fourth-order valence-corrected chi connectivity index (χ4v) is 3.47. The molecule has 2 rings (SSSR count). The highest BCUT2D eigenvalue weighted by Crippen LogP contribution is 2.53. The predicted octanol–water partition coefficient (Wildman–Crippen LogP) is 2.12. The van der Waals surface area contributed by atoms with E-state index < -0.39 is 24.1 Å². The van der Waals surface area contributed by atoms with Gasteiger partial charge in [0, 0.05) is 5.41 Å². The third-order valence-electron chi connectivity index (χ3n) is 5.59. The molecule has 1 aromatic rings. The quantitative estimate of drug-likeness (QED) is 0.703. The lowest BCUT2D eigenvalue weighted by Crippen LogP contribution is -2.40. The zero-order valence-electron chi connectivity index (χ0n) is 15.1. The van der Waals surface area contributed by atoms with Crippen molar-refractivity contribution < 1.29 is 29.6 Å². The Morgan fingerprint density at radius 1 is 1.20 bits per heavy atom. The first-order valence-electron chi connectivity index (χ1n) is 8.30. The van der Waals surface area contributed by atoms with Crippen LogP contribution in [0.2, 0.25) is 0 Å². The van der Waals surface area contributed by atoms with Crippen molar-refractivity contribution >= 4 is 11.9 Å². The van der Waals surface area contributed by atoms with Crippen LogP contribution in [0.3, 0.4) is 0 Å². The van der Waals surface area contributed by atoms with E-state index in [0.717, 1.165) is 18.9 Å². The molecule has 3 atom stereocenters. The van der Waals surface area contributed by atoms with Gasteiger partial charge in [0.2, 0.25) is 0 Å². The fourth-order valence-electron chi connectivity index (χ4n) is 3.47. The van der Waals surface area contributed by atoms with Gasteiger partial charge in [-0.15, -0.1) is 0 Å². The highest BCUT2D eigenvalue weighted by Gasteiger charge is 2.50. The highest BCUT2D eigenvalue weighted by atomic mass is 16.5. The molecule has 1 aromatic carbocycles. The van der Waals surface area contributed by atoms with Gasteiger partial charge in [-0.1, -0.05) is 32.9 Å². The number of benzene rings is 1. The second-order valence-electron chi connectivity index (χ2n) is 8.01. The first-order valence-corrected chi connectivity index (χ1v) is 8.30. The summed E-state index contributed by atoms with van der Waals surface area (Å²) in [6.45, 7) is 6.80. The number of carboxylic acids is 1. The van der Waals surface area contributed by atoms with Gasteiger partial charge in [-0.25, -0.2) is 9.59 Å². The summed E-state index contributed by atoms with van der Waals surface area (Å²) in [5.41, 5.74) is -1.09. The molecular formula is C19H26O6. The molecule has 3 N–H and O–H groups in total. The maximum atomic E-state index is 12.0. The smallest absolute Gasteiger partial charge is 0.339 e. The Morgan fingerprint density at radius 2 is 1.76 bits per heavy atom. The number of esters is 1. The molecule has 6 heteroatoms. The van der Waals surface area contributed by atoms with Gasteiger partial charge in [0.05, 0.1) is 11.7 Å². The van der Waals surface area contributed by atoms with E-state index >= 15 is 0 Å². The van der Waals surface area contributed by atoms with Crippen LogP contribution in [0.5, 0.6) is 0 Å². The summed E-state index contributed by atoms with van der Waals surface area (Å²) in [5, 5.41) is 28.5. The minimum Gasteiger partial charge on any atom is -0.479 e. The first-order chi connectivity index (χ1) is 11.4. The van der Waals surface area contributed by atoms with Gasteiger partial charge in [-0.2, -0.15) is 0 Å².